The van der Waals surface area contributed by atoms with Crippen LogP contribution in [0, 0.1) is 25.7 Å². The summed E-state index contributed by atoms with van der Waals surface area (Å²) in [6.07, 6.45) is 7.79. The smallest absolute Gasteiger partial charge is 0.118 e. The van der Waals surface area contributed by atoms with Crippen molar-refractivity contribution in [3.8, 4) is 11.5 Å². The van der Waals surface area contributed by atoms with E-state index in [9.17, 15) is 10.2 Å². The lowest BCUT2D eigenvalue weighted by molar-refractivity contribution is -0.0282. The molecule has 4 aliphatic rings. The summed E-state index contributed by atoms with van der Waals surface area (Å²) in [5, 5.41) is 20.0. The number of benzene rings is 2. The third-order valence-electron chi connectivity index (χ3n) is 7.68. The van der Waals surface area contributed by atoms with Crippen LogP contribution >= 0.6 is 0 Å². The first-order chi connectivity index (χ1) is 12.4. The Kier molecular flexibility index (Phi) is 3.30. The standard InChI is InChI=1S/C24H28O2/c1-15-7-19(3-5-21(15)25)23-10-17-9-18(11-23)13-24(12-17,14-23)20-4-6-22(26)16(2)8-20/h3-8,17-18,25-26H,9-14H2,1-2H3. The second-order valence-corrected chi connectivity index (χ2v) is 9.52. The molecule has 0 saturated heterocycles. The first kappa shape index (κ1) is 16.2. The fourth-order valence-corrected chi connectivity index (χ4v) is 6.91. The molecule has 0 unspecified atom stereocenters. The molecule has 136 valence electrons. The molecular weight excluding hydrogens is 320 g/mol. The van der Waals surface area contributed by atoms with Gasteiger partial charge in [-0.25, -0.2) is 0 Å². The minimum atomic E-state index is 0.258. The first-order valence-electron chi connectivity index (χ1n) is 9.99. The molecule has 0 atom stereocenters. The maximum absolute atomic E-state index is 9.99. The summed E-state index contributed by atoms with van der Waals surface area (Å²) in [4.78, 5) is 0. The van der Waals surface area contributed by atoms with Crippen molar-refractivity contribution in [3.05, 3.63) is 58.7 Å². The lowest BCUT2D eigenvalue weighted by Gasteiger charge is -2.63. The van der Waals surface area contributed by atoms with Crippen LogP contribution in [0.4, 0.5) is 0 Å². The molecule has 4 saturated carbocycles. The van der Waals surface area contributed by atoms with Gasteiger partial charge in [0.25, 0.3) is 0 Å². The molecule has 4 aliphatic carbocycles. The molecule has 6 rings (SSSR count). The van der Waals surface area contributed by atoms with E-state index in [1.807, 2.05) is 26.0 Å². The maximum Gasteiger partial charge on any atom is 0.118 e. The Morgan fingerprint density at radius 3 is 1.54 bits per heavy atom. The van der Waals surface area contributed by atoms with Gasteiger partial charge in [0.15, 0.2) is 0 Å². The van der Waals surface area contributed by atoms with E-state index in [4.69, 9.17) is 0 Å². The lowest BCUT2D eigenvalue weighted by Crippen LogP contribution is -2.55. The maximum atomic E-state index is 9.99. The molecule has 0 amide bonds. The third kappa shape index (κ3) is 2.24. The van der Waals surface area contributed by atoms with E-state index < -0.39 is 0 Å². The number of aryl methyl sites for hydroxylation is 2. The zero-order chi connectivity index (χ0) is 18.1. The summed E-state index contributed by atoms with van der Waals surface area (Å²) < 4.78 is 0. The van der Waals surface area contributed by atoms with Crippen LogP contribution in [-0.4, -0.2) is 10.2 Å². The molecule has 2 aromatic carbocycles. The molecule has 0 aromatic heterocycles. The van der Waals surface area contributed by atoms with Gasteiger partial charge in [-0.05, 0) is 109 Å². The number of phenolic OH excluding ortho intramolecular Hbond substituents is 2. The Bertz CT molecular complexity index is 798. The van der Waals surface area contributed by atoms with Gasteiger partial charge >= 0.3 is 0 Å². The van der Waals surface area contributed by atoms with Gasteiger partial charge in [-0.2, -0.15) is 0 Å². The molecule has 2 N–H and O–H groups in total. The van der Waals surface area contributed by atoms with Gasteiger partial charge in [-0.1, -0.05) is 24.3 Å². The van der Waals surface area contributed by atoms with E-state index >= 15 is 0 Å². The van der Waals surface area contributed by atoms with Gasteiger partial charge in [-0.3, -0.25) is 0 Å². The van der Waals surface area contributed by atoms with E-state index in [0.29, 0.717) is 11.5 Å². The van der Waals surface area contributed by atoms with Gasteiger partial charge in [0, 0.05) is 0 Å². The largest absolute Gasteiger partial charge is 0.508 e. The van der Waals surface area contributed by atoms with Crippen LogP contribution < -0.4 is 0 Å². The fourth-order valence-electron chi connectivity index (χ4n) is 6.91. The van der Waals surface area contributed by atoms with Crippen LogP contribution in [-0.2, 0) is 10.8 Å². The predicted octanol–water partition coefficient (Wildman–Crippen LogP) is 5.50. The summed E-state index contributed by atoms with van der Waals surface area (Å²) in [5.41, 5.74) is 5.37. The highest BCUT2D eigenvalue weighted by molar-refractivity contribution is 5.44. The van der Waals surface area contributed by atoms with Crippen molar-refractivity contribution >= 4 is 0 Å². The quantitative estimate of drug-likeness (QED) is 0.752. The highest BCUT2D eigenvalue weighted by Crippen LogP contribution is 2.66. The number of aromatic hydroxyl groups is 2. The van der Waals surface area contributed by atoms with Crippen LogP contribution in [0.15, 0.2) is 36.4 Å². The minimum Gasteiger partial charge on any atom is -0.508 e. The molecule has 26 heavy (non-hydrogen) atoms. The van der Waals surface area contributed by atoms with E-state index in [0.717, 1.165) is 23.0 Å². The van der Waals surface area contributed by atoms with E-state index in [1.54, 1.807) is 0 Å². The van der Waals surface area contributed by atoms with Gasteiger partial charge in [-0.15, -0.1) is 0 Å². The monoisotopic (exact) mass is 348 g/mol. The zero-order valence-electron chi connectivity index (χ0n) is 15.8. The summed E-state index contributed by atoms with van der Waals surface area (Å²) in [6, 6.07) is 12.6. The minimum absolute atomic E-state index is 0.258. The van der Waals surface area contributed by atoms with Crippen LogP contribution in [0.25, 0.3) is 0 Å². The summed E-state index contributed by atoms with van der Waals surface area (Å²) >= 11 is 0. The molecule has 4 fully saturated rings. The predicted molar refractivity (Wildman–Crippen MR) is 104 cm³/mol. The van der Waals surface area contributed by atoms with E-state index in [1.165, 1.54) is 49.7 Å². The highest BCUT2D eigenvalue weighted by Gasteiger charge is 2.58. The zero-order valence-corrected chi connectivity index (χ0v) is 15.8. The number of hydrogen-bond acceptors (Lipinski definition) is 2. The SMILES string of the molecule is Cc1cc(C23CC4CC(C2)CC(c2ccc(O)c(C)c2)(C4)C3)ccc1O. The Morgan fingerprint density at radius 1 is 0.731 bits per heavy atom. The molecular formula is C24H28O2. The topological polar surface area (TPSA) is 40.5 Å². The van der Waals surface area contributed by atoms with Crippen LogP contribution in [0.5, 0.6) is 11.5 Å². The summed E-state index contributed by atoms with van der Waals surface area (Å²) in [5.74, 6) is 2.42. The average molecular weight is 348 g/mol. The van der Waals surface area contributed by atoms with Crippen LogP contribution in [0.2, 0.25) is 0 Å². The molecule has 4 bridgehead atoms. The molecule has 2 aromatic rings. The average Bonchev–Trinajstić information content (AvgIpc) is 2.58. The number of phenols is 2. The van der Waals surface area contributed by atoms with Crippen molar-refractivity contribution in [1.29, 1.82) is 0 Å². The second kappa shape index (κ2) is 5.28. The van der Waals surface area contributed by atoms with Crippen molar-refractivity contribution in [2.24, 2.45) is 11.8 Å². The molecule has 0 radical (unpaired) electrons. The Balaban J connectivity index is 1.61. The molecule has 0 heterocycles. The third-order valence-corrected chi connectivity index (χ3v) is 7.68. The number of rotatable bonds is 2. The van der Waals surface area contributed by atoms with Gasteiger partial charge < -0.3 is 10.2 Å². The van der Waals surface area contributed by atoms with Crippen molar-refractivity contribution in [2.75, 3.05) is 0 Å². The van der Waals surface area contributed by atoms with E-state index in [2.05, 4.69) is 24.3 Å². The van der Waals surface area contributed by atoms with Crippen LogP contribution in [0.3, 0.4) is 0 Å². The normalized spacial score (nSPS) is 35.0. The Labute approximate surface area is 155 Å². The molecule has 0 aliphatic heterocycles. The molecule has 2 heteroatoms. The first-order valence-corrected chi connectivity index (χ1v) is 9.99. The van der Waals surface area contributed by atoms with Crippen molar-refractivity contribution in [2.45, 2.75) is 63.2 Å². The van der Waals surface area contributed by atoms with Crippen LogP contribution in [0.1, 0.15) is 60.8 Å². The highest BCUT2D eigenvalue weighted by atomic mass is 16.3. The molecule has 2 nitrogen and oxygen atoms in total. The fraction of sp³-hybridized carbons (Fsp3) is 0.500. The Morgan fingerprint density at radius 2 is 1.15 bits per heavy atom. The summed E-state index contributed by atoms with van der Waals surface area (Å²) in [7, 11) is 0. The number of hydrogen-bond donors (Lipinski definition) is 2. The van der Waals surface area contributed by atoms with Crippen molar-refractivity contribution in [3.63, 3.8) is 0 Å². The lowest BCUT2D eigenvalue weighted by atomic mass is 9.41. The van der Waals surface area contributed by atoms with Gasteiger partial charge in [0.2, 0.25) is 0 Å². The van der Waals surface area contributed by atoms with Crippen molar-refractivity contribution < 1.29 is 10.2 Å². The summed E-state index contributed by atoms with van der Waals surface area (Å²) in [6.45, 7) is 4.02. The Hall–Kier alpha value is -1.96. The van der Waals surface area contributed by atoms with Gasteiger partial charge in [0.05, 0.1) is 0 Å². The van der Waals surface area contributed by atoms with Crippen molar-refractivity contribution in [1.82, 2.24) is 0 Å². The van der Waals surface area contributed by atoms with E-state index in [-0.39, 0.29) is 10.8 Å². The van der Waals surface area contributed by atoms with Gasteiger partial charge in [0.1, 0.15) is 11.5 Å². The molecule has 0 spiro atoms. The second-order valence-electron chi connectivity index (χ2n) is 9.52.